The van der Waals surface area contributed by atoms with Gasteiger partial charge in [0.1, 0.15) is 11.8 Å². The fourth-order valence-electron chi connectivity index (χ4n) is 6.37. The number of fused-ring (bicyclic) bond motifs is 12. The number of carbonyl (C=O) groups is 2. The van der Waals surface area contributed by atoms with Gasteiger partial charge in [0.2, 0.25) is 0 Å². The van der Waals surface area contributed by atoms with Crippen molar-refractivity contribution in [1.82, 2.24) is 0 Å². The lowest BCUT2D eigenvalue weighted by atomic mass is 9.54. The van der Waals surface area contributed by atoms with Crippen LogP contribution in [0.25, 0.3) is 0 Å². The van der Waals surface area contributed by atoms with Crippen LogP contribution < -0.4 is 0 Å². The van der Waals surface area contributed by atoms with Gasteiger partial charge in [-0.3, -0.25) is 9.59 Å². The second-order valence-electron chi connectivity index (χ2n) is 7.30. The molecule has 5 heterocycles. The van der Waals surface area contributed by atoms with E-state index in [1.165, 1.54) is 0 Å². The van der Waals surface area contributed by atoms with Gasteiger partial charge in [-0.1, -0.05) is 13.8 Å². The van der Waals surface area contributed by atoms with Gasteiger partial charge in [-0.15, -0.1) is 0 Å². The third-order valence-corrected chi connectivity index (χ3v) is 7.00. The molecular formula is C16H20O5. The van der Waals surface area contributed by atoms with Crippen molar-refractivity contribution >= 4 is 11.9 Å². The Labute approximate surface area is 123 Å². The van der Waals surface area contributed by atoms with Crippen molar-refractivity contribution in [2.45, 2.75) is 62.9 Å². The minimum atomic E-state index is -0.547. The molecule has 0 N–H and O–H groups in total. The number of carbonyl (C=O) groups excluding carboxylic acids is 2. The van der Waals surface area contributed by atoms with Gasteiger partial charge in [-0.2, -0.15) is 0 Å². The van der Waals surface area contributed by atoms with E-state index < -0.39 is 17.4 Å². The minimum absolute atomic E-state index is 0.156. The summed E-state index contributed by atoms with van der Waals surface area (Å²) in [7, 11) is 0. The number of hydrogen-bond donors (Lipinski definition) is 0. The maximum Gasteiger partial charge on any atom is 0.320 e. The fraction of sp³-hybridized carbons (Fsp3) is 0.875. The number of rotatable bonds is 2. The summed E-state index contributed by atoms with van der Waals surface area (Å²) in [6, 6.07) is 0. The third kappa shape index (κ3) is 1.10. The van der Waals surface area contributed by atoms with E-state index in [0.717, 1.165) is 25.7 Å². The van der Waals surface area contributed by atoms with Crippen LogP contribution in [0.4, 0.5) is 0 Å². The molecule has 5 heteroatoms. The number of hydrogen-bond acceptors (Lipinski definition) is 5. The molecule has 8 unspecified atom stereocenters. The van der Waals surface area contributed by atoms with E-state index in [9.17, 15) is 9.59 Å². The molecule has 0 saturated carbocycles. The maximum atomic E-state index is 12.2. The molecule has 5 nitrogen and oxygen atoms in total. The zero-order valence-corrected chi connectivity index (χ0v) is 12.3. The number of esters is 2. The van der Waals surface area contributed by atoms with E-state index in [0.29, 0.717) is 0 Å². The molecule has 114 valence electrons. The van der Waals surface area contributed by atoms with Crippen LogP contribution >= 0.6 is 0 Å². The van der Waals surface area contributed by atoms with Gasteiger partial charge in [0.05, 0.1) is 23.4 Å². The number of ether oxygens (including phenoxy) is 3. The molecular weight excluding hydrogens is 272 g/mol. The van der Waals surface area contributed by atoms with Crippen molar-refractivity contribution in [3.8, 4) is 0 Å². The average molecular weight is 292 g/mol. The lowest BCUT2D eigenvalue weighted by Crippen LogP contribution is -2.57. The van der Waals surface area contributed by atoms with Crippen LogP contribution in [-0.4, -0.2) is 35.3 Å². The zero-order valence-electron chi connectivity index (χ0n) is 12.3. The van der Waals surface area contributed by atoms with E-state index in [1.807, 2.05) is 0 Å². The predicted octanol–water partition coefficient (Wildman–Crippen LogP) is 1.44. The van der Waals surface area contributed by atoms with Crippen molar-refractivity contribution in [3.05, 3.63) is 0 Å². The van der Waals surface area contributed by atoms with Gasteiger partial charge < -0.3 is 14.2 Å². The van der Waals surface area contributed by atoms with Gasteiger partial charge in [-0.25, -0.2) is 0 Å². The first-order chi connectivity index (χ1) is 10.1. The molecule has 21 heavy (non-hydrogen) atoms. The molecule has 0 radical (unpaired) electrons. The molecule has 4 bridgehead atoms. The molecule has 0 aromatic rings. The second-order valence-corrected chi connectivity index (χ2v) is 7.30. The van der Waals surface area contributed by atoms with Crippen LogP contribution in [0.1, 0.15) is 39.5 Å². The van der Waals surface area contributed by atoms with E-state index in [1.54, 1.807) is 0 Å². The highest BCUT2D eigenvalue weighted by Gasteiger charge is 2.82. The molecule has 0 amide bonds. The molecule has 5 rings (SSSR count). The van der Waals surface area contributed by atoms with Gasteiger partial charge in [-0.05, 0) is 25.7 Å². The third-order valence-electron chi connectivity index (χ3n) is 7.00. The molecule has 5 saturated heterocycles. The summed E-state index contributed by atoms with van der Waals surface area (Å²) in [5, 5.41) is 0. The van der Waals surface area contributed by atoms with Crippen molar-refractivity contribution < 1.29 is 23.8 Å². The second kappa shape index (κ2) is 3.51. The number of cyclic esters (lactones) is 2. The van der Waals surface area contributed by atoms with Crippen molar-refractivity contribution in [1.29, 1.82) is 0 Å². The fourth-order valence-corrected chi connectivity index (χ4v) is 6.37. The topological polar surface area (TPSA) is 61.8 Å². The first-order valence-corrected chi connectivity index (χ1v) is 8.19. The molecule has 0 aromatic carbocycles. The predicted molar refractivity (Wildman–Crippen MR) is 70.1 cm³/mol. The highest BCUT2D eigenvalue weighted by atomic mass is 16.6. The summed E-state index contributed by atoms with van der Waals surface area (Å²) < 4.78 is 17.7. The molecule has 5 fully saturated rings. The van der Waals surface area contributed by atoms with E-state index in [4.69, 9.17) is 14.2 Å². The molecule has 0 aromatic heterocycles. The summed E-state index contributed by atoms with van der Waals surface area (Å²) >= 11 is 0. The Balaban J connectivity index is 1.69. The van der Waals surface area contributed by atoms with E-state index in [-0.39, 0.29) is 41.6 Å². The Bertz CT molecular complexity index is 559. The SMILES string of the molecule is CCC12CCC(O1)C1C3OC(CC)(C4C(=O)OC(=O)C34)C12. The molecule has 5 aliphatic heterocycles. The Morgan fingerprint density at radius 2 is 1.95 bits per heavy atom. The lowest BCUT2D eigenvalue weighted by molar-refractivity contribution is -0.163. The molecule has 0 aliphatic carbocycles. The summed E-state index contributed by atoms with van der Waals surface area (Å²) in [6.07, 6.45) is 3.80. The standard InChI is InChI=1S/C16H20O5/c1-3-15-6-5-7(20-15)8-11-9-10(14(18)19-13(9)17)16(4-2,21-11)12(8)15/h7-12H,3-6H2,1-2H3. The summed E-state index contributed by atoms with van der Waals surface area (Å²) in [5.41, 5.74) is -0.703. The Hall–Kier alpha value is -0.940. The van der Waals surface area contributed by atoms with Gasteiger partial charge in [0.25, 0.3) is 0 Å². The highest BCUT2D eigenvalue weighted by molar-refractivity contribution is 5.98. The quantitative estimate of drug-likeness (QED) is 0.569. The van der Waals surface area contributed by atoms with E-state index >= 15 is 0 Å². The molecule has 5 aliphatic rings. The Kier molecular flexibility index (Phi) is 2.11. The Morgan fingerprint density at radius 1 is 1.14 bits per heavy atom. The minimum Gasteiger partial charge on any atom is -0.393 e. The summed E-state index contributed by atoms with van der Waals surface area (Å²) in [6.45, 7) is 4.23. The van der Waals surface area contributed by atoms with Gasteiger partial charge >= 0.3 is 11.9 Å². The summed E-state index contributed by atoms with van der Waals surface area (Å²) in [5.74, 6) is -1.05. The molecule has 0 spiro atoms. The first-order valence-electron chi connectivity index (χ1n) is 8.19. The van der Waals surface area contributed by atoms with Crippen LogP contribution in [0.5, 0.6) is 0 Å². The smallest absolute Gasteiger partial charge is 0.320 e. The van der Waals surface area contributed by atoms with Crippen molar-refractivity contribution in [2.75, 3.05) is 0 Å². The van der Waals surface area contributed by atoms with Gasteiger partial charge in [0, 0.05) is 11.8 Å². The van der Waals surface area contributed by atoms with E-state index in [2.05, 4.69) is 13.8 Å². The van der Waals surface area contributed by atoms with Gasteiger partial charge in [0.15, 0.2) is 0 Å². The first kappa shape index (κ1) is 12.6. The van der Waals surface area contributed by atoms with Crippen LogP contribution in [0.3, 0.4) is 0 Å². The lowest BCUT2D eigenvalue weighted by Gasteiger charge is -2.45. The van der Waals surface area contributed by atoms with Crippen molar-refractivity contribution in [2.24, 2.45) is 23.7 Å². The largest absolute Gasteiger partial charge is 0.393 e. The van der Waals surface area contributed by atoms with Crippen LogP contribution in [0, 0.1) is 23.7 Å². The zero-order chi connectivity index (χ0) is 14.6. The highest BCUT2D eigenvalue weighted by Crippen LogP contribution is 2.71. The van der Waals surface area contributed by atoms with Crippen LogP contribution in [-0.2, 0) is 23.8 Å². The Morgan fingerprint density at radius 3 is 2.67 bits per heavy atom. The van der Waals surface area contributed by atoms with Crippen LogP contribution in [0.2, 0.25) is 0 Å². The summed E-state index contributed by atoms with van der Waals surface area (Å²) in [4.78, 5) is 24.3. The molecule has 8 atom stereocenters. The normalized spacial score (nSPS) is 59.5. The monoisotopic (exact) mass is 292 g/mol. The average Bonchev–Trinajstić information content (AvgIpc) is 3.23. The van der Waals surface area contributed by atoms with Crippen LogP contribution in [0.15, 0.2) is 0 Å². The maximum absolute atomic E-state index is 12.2. The van der Waals surface area contributed by atoms with Crippen molar-refractivity contribution in [3.63, 3.8) is 0 Å².